The number of hydrogen-bond donors (Lipinski definition) is 1. The SMILES string of the molecule is CCOC(=O)C1CCCN(c2nc(-c3ccccc3)c3c(N)n(C(C)(C)C)nc3n2)C1. The van der Waals surface area contributed by atoms with Crippen LogP contribution in [0.3, 0.4) is 0 Å². The summed E-state index contributed by atoms with van der Waals surface area (Å²) >= 11 is 0. The molecule has 1 atom stereocenters. The van der Waals surface area contributed by atoms with Crippen molar-refractivity contribution in [1.29, 1.82) is 0 Å². The fourth-order valence-corrected chi connectivity index (χ4v) is 4.07. The van der Waals surface area contributed by atoms with Gasteiger partial charge >= 0.3 is 5.97 Å². The topological polar surface area (TPSA) is 99.2 Å². The van der Waals surface area contributed by atoms with Gasteiger partial charge in [-0.2, -0.15) is 4.98 Å². The molecule has 0 bridgehead atoms. The fraction of sp³-hybridized carbons (Fsp3) is 0.478. The first-order chi connectivity index (χ1) is 14.8. The van der Waals surface area contributed by atoms with Gasteiger partial charge in [-0.3, -0.25) is 4.79 Å². The first kappa shape index (κ1) is 21.1. The summed E-state index contributed by atoms with van der Waals surface area (Å²) in [7, 11) is 0. The lowest BCUT2D eigenvalue weighted by molar-refractivity contribution is -0.148. The van der Waals surface area contributed by atoms with Gasteiger partial charge in [-0.25, -0.2) is 9.67 Å². The van der Waals surface area contributed by atoms with Gasteiger partial charge in [0.05, 0.1) is 29.1 Å². The van der Waals surface area contributed by atoms with E-state index in [0.29, 0.717) is 30.6 Å². The van der Waals surface area contributed by atoms with Gasteiger partial charge in [0.1, 0.15) is 5.82 Å². The molecule has 1 aliphatic rings. The molecule has 0 aliphatic carbocycles. The van der Waals surface area contributed by atoms with Crippen molar-refractivity contribution >= 4 is 28.8 Å². The summed E-state index contributed by atoms with van der Waals surface area (Å²) in [5, 5.41) is 5.48. The molecule has 0 radical (unpaired) electrons. The summed E-state index contributed by atoms with van der Waals surface area (Å²) in [5.41, 5.74) is 8.51. The summed E-state index contributed by atoms with van der Waals surface area (Å²) < 4.78 is 7.05. The highest BCUT2D eigenvalue weighted by Gasteiger charge is 2.30. The van der Waals surface area contributed by atoms with E-state index in [1.807, 2.05) is 37.3 Å². The third kappa shape index (κ3) is 4.06. The Labute approximate surface area is 182 Å². The molecule has 1 unspecified atom stereocenters. The molecule has 0 amide bonds. The maximum Gasteiger partial charge on any atom is 0.310 e. The molecule has 3 aromatic rings. The number of hydrogen-bond acceptors (Lipinski definition) is 7. The Kier molecular flexibility index (Phi) is 5.56. The third-order valence-electron chi connectivity index (χ3n) is 5.56. The molecular weight excluding hydrogens is 392 g/mol. The van der Waals surface area contributed by atoms with Crippen LogP contribution in [-0.4, -0.2) is 45.4 Å². The number of nitrogens with two attached hydrogens (primary N) is 1. The van der Waals surface area contributed by atoms with Crippen molar-refractivity contribution in [3.8, 4) is 11.3 Å². The second-order valence-electron chi connectivity index (χ2n) is 8.94. The quantitative estimate of drug-likeness (QED) is 0.641. The number of anilines is 2. The Morgan fingerprint density at radius 1 is 1.23 bits per heavy atom. The van der Waals surface area contributed by atoms with Crippen LogP contribution in [0.15, 0.2) is 30.3 Å². The number of ether oxygens (including phenoxy) is 1. The van der Waals surface area contributed by atoms with E-state index in [2.05, 4.69) is 25.7 Å². The molecule has 3 heterocycles. The lowest BCUT2D eigenvalue weighted by atomic mass is 9.98. The van der Waals surface area contributed by atoms with Crippen molar-refractivity contribution in [2.75, 3.05) is 30.3 Å². The van der Waals surface area contributed by atoms with Crippen molar-refractivity contribution in [1.82, 2.24) is 19.7 Å². The number of aromatic nitrogens is 4. The molecule has 164 valence electrons. The first-order valence-corrected chi connectivity index (χ1v) is 10.8. The van der Waals surface area contributed by atoms with E-state index in [4.69, 9.17) is 25.5 Å². The third-order valence-corrected chi connectivity index (χ3v) is 5.56. The highest BCUT2D eigenvalue weighted by atomic mass is 16.5. The van der Waals surface area contributed by atoms with Gasteiger partial charge < -0.3 is 15.4 Å². The van der Waals surface area contributed by atoms with Crippen molar-refractivity contribution < 1.29 is 9.53 Å². The number of piperidine rings is 1. The zero-order valence-electron chi connectivity index (χ0n) is 18.6. The number of benzene rings is 1. The molecule has 1 saturated heterocycles. The number of nitrogens with zero attached hydrogens (tertiary/aromatic N) is 5. The van der Waals surface area contributed by atoms with Crippen LogP contribution in [0.1, 0.15) is 40.5 Å². The van der Waals surface area contributed by atoms with Gasteiger partial charge in [0.25, 0.3) is 0 Å². The van der Waals surface area contributed by atoms with Crippen LogP contribution in [0.4, 0.5) is 11.8 Å². The Morgan fingerprint density at radius 2 is 1.97 bits per heavy atom. The number of fused-ring (bicyclic) bond motifs is 1. The number of carbonyl (C=O) groups is 1. The lowest BCUT2D eigenvalue weighted by Crippen LogP contribution is -2.40. The standard InChI is InChI=1S/C23H30N6O2/c1-5-31-21(30)16-12-9-13-28(14-16)22-25-18(15-10-7-6-8-11-15)17-19(24)29(23(2,3)4)27-20(17)26-22/h6-8,10-11,16H,5,9,12-14,24H2,1-4H3. The Bertz CT molecular complexity index is 1090. The maximum absolute atomic E-state index is 12.3. The molecule has 2 N–H and O–H groups in total. The minimum atomic E-state index is -0.293. The minimum absolute atomic E-state index is 0.155. The number of esters is 1. The summed E-state index contributed by atoms with van der Waals surface area (Å²) in [6, 6.07) is 9.95. The average molecular weight is 423 g/mol. The van der Waals surface area contributed by atoms with Crippen LogP contribution < -0.4 is 10.6 Å². The molecule has 1 aliphatic heterocycles. The largest absolute Gasteiger partial charge is 0.466 e. The van der Waals surface area contributed by atoms with E-state index < -0.39 is 0 Å². The van der Waals surface area contributed by atoms with Gasteiger partial charge in [-0.15, -0.1) is 5.10 Å². The molecule has 8 heteroatoms. The van der Waals surface area contributed by atoms with Gasteiger partial charge in [0.2, 0.25) is 5.95 Å². The second-order valence-corrected chi connectivity index (χ2v) is 8.94. The molecule has 1 fully saturated rings. The Balaban J connectivity index is 1.83. The van der Waals surface area contributed by atoms with E-state index in [-0.39, 0.29) is 17.4 Å². The summed E-state index contributed by atoms with van der Waals surface area (Å²) in [6.07, 6.45) is 1.69. The number of rotatable bonds is 4. The van der Waals surface area contributed by atoms with Crippen LogP contribution in [-0.2, 0) is 15.1 Å². The highest BCUT2D eigenvalue weighted by Crippen LogP contribution is 2.35. The maximum atomic E-state index is 12.3. The average Bonchev–Trinajstić information content (AvgIpc) is 3.11. The van der Waals surface area contributed by atoms with Crippen LogP contribution in [0.2, 0.25) is 0 Å². The Hall–Kier alpha value is -3.16. The van der Waals surface area contributed by atoms with Crippen LogP contribution in [0.5, 0.6) is 0 Å². The van der Waals surface area contributed by atoms with E-state index in [9.17, 15) is 4.79 Å². The molecule has 2 aromatic heterocycles. The molecule has 31 heavy (non-hydrogen) atoms. The van der Waals surface area contributed by atoms with Crippen LogP contribution >= 0.6 is 0 Å². The number of carbonyl (C=O) groups excluding carboxylic acids is 1. The van der Waals surface area contributed by atoms with Gasteiger partial charge in [0.15, 0.2) is 5.65 Å². The zero-order chi connectivity index (χ0) is 22.2. The molecule has 8 nitrogen and oxygen atoms in total. The second kappa shape index (κ2) is 8.17. The molecule has 0 saturated carbocycles. The Morgan fingerprint density at radius 3 is 2.65 bits per heavy atom. The number of nitrogen functional groups attached to an aromatic ring is 1. The van der Waals surface area contributed by atoms with Crippen molar-refractivity contribution in [3.05, 3.63) is 30.3 Å². The van der Waals surface area contributed by atoms with E-state index in [0.717, 1.165) is 36.0 Å². The van der Waals surface area contributed by atoms with Gasteiger partial charge in [-0.05, 0) is 40.5 Å². The summed E-state index contributed by atoms with van der Waals surface area (Å²) in [6.45, 7) is 9.71. The smallest absolute Gasteiger partial charge is 0.310 e. The van der Waals surface area contributed by atoms with Crippen molar-refractivity contribution in [2.24, 2.45) is 5.92 Å². The normalized spacial score (nSPS) is 17.2. The van der Waals surface area contributed by atoms with Crippen LogP contribution in [0.25, 0.3) is 22.3 Å². The summed E-state index contributed by atoms with van der Waals surface area (Å²) in [5.74, 6) is 0.790. The summed E-state index contributed by atoms with van der Waals surface area (Å²) in [4.78, 5) is 24.1. The van der Waals surface area contributed by atoms with E-state index in [1.165, 1.54) is 0 Å². The monoisotopic (exact) mass is 422 g/mol. The predicted octanol–water partition coefficient (Wildman–Crippen LogP) is 3.61. The molecule has 0 spiro atoms. The van der Waals surface area contributed by atoms with Crippen LogP contribution in [0, 0.1) is 5.92 Å². The predicted molar refractivity (Wildman–Crippen MR) is 122 cm³/mol. The molecule has 1 aromatic carbocycles. The van der Waals surface area contributed by atoms with E-state index >= 15 is 0 Å². The van der Waals surface area contributed by atoms with E-state index in [1.54, 1.807) is 4.68 Å². The molecule has 4 rings (SSSR count). The zero-order valence-corrected chi connectivity index (χ0v) is 18.6. The molecular formula is C23H30N6O2. The van der Waals surface area contributed by atoms with Crippen molar-refractivity contribution in [2.45, 2.75) is 46.1 Å². The van der Waals surface area contributed by atoms with Gasteiger partial charge in [0, 0.05) is 18.7 Å². The minimum Gasteiger partial charge on any atom is -0.466 e. The van der Waals surface area contributed by atoms with Gasteiger partial charge in [-0.1, -0.05) is 30.3 Å². The fourth-order valence-electron chi connectivity index (χ4n) is 4.07. The first-order valence-electron chi connectivity index (χ1n) is 10.8. The highest BCUT2D eigenvalue weighted by molar-refractivity contribution is 5.99. The van der Waals surface area contributed by atoms with Crippen molar-refractivity contribution in [3.63, 3.8) is 0 Å². The lowest BCUT2D eigenvalue weighted by Gasteiger charge is -2.31.